The van der Waals surface area contributed by atoms with E-state index in [0.717, 1.165) is 12.1 Å². The van der Waals surface area contributed by atoms with Gasteiger partial charge in [0.15, 0.2) is 5.78 Å². The summed E-state index contributed by atoms with van der Waals surface area (Å²) in [6.45, 7) is 2.77. The van der Waals surface area contributed by atoms with Gasteiger partial charge in [0.25, 0.3) is 5.91 Å². The van der Waals surface area contributed by atoms with E-state index in [1.54, 1.807) is 35.0 Å². The first-order chi connectivity index (χ1) is 14.4. The van der Waals surface area contributed by atoms with Crippen LogP contribution in [0.15, 0.2) is 36.7 Å². The first kappa shape index (κ1) is 19.8. The van der Waals surface area contributed by atoms with Crippen LogP contribution in [0.3, 0.4) is 0 Å². The number of amides is 1. The number of aromatic nitrogens is 4. The molecule has 3 heterocycles. The number of likely N-dealkylation sites (tertiary alicyclic amines) is 1. The van der Waals surface area contributed by atoms with Crippen LogP contribution in [0.4, 0.5) is 10.2 Å². The Labute approximate surface area is 173 Å². The fraction of sp³-hybridized carbons (Fsp3) is 0.333. The Morgan fingerprint density at radius 3 is 2.50 bits per heavy atom. The largest absolute Gasteiger partial charge is 0.383 e. The summed E-state index contributed by atoms with van der Waals surface area (Å²) in [5.41, 5.74) is 8.41. The Kier molecular flexibility index (Phi) is 5.11. The van der Waals surface area contributed by atoms with E-state index in [1.165, 1.54) is 23.0 Å². The van der Waals surface area contributed by atoms with Gasteiger partial charge in [-0.2, -0.15) is 10.2 Å². The summed E-state index contributed by atoms with van der Waals surface area (Å²) >= 11 is 0. The van der Waals surface area contributed by atoms with Crippen molar-refractivity contribution in [2.24, 2.45) is 13.0 Å². The molecule has 2 aromatic heterocycles. The van der Waals surface area contributed by atoms with Crippen LogP contribution in [0.5, 0.6) is 0 Å². The first-order valence-electron chi connectivity index (χ1n) is 9.78. The molecule has 0 bridgehead atoms. The maximum atomic E-state index is 13.2. The molecule has 3 aromatic rings. The molecule has 1 atom stereocenters. The molecule has 4 rings (SSSR count). The molecule has 0 saturated carbocycles. The average Bonchev–Trinajstić information content (AvgIpc) is 3.30. The van der Waals surface area contributed by atoms with Gasteiger partial charge in [-0.1, -0.05) is 0 Å². The predicted octanol–water partition coefficient (Wildman–Crippen LogP) is 2.37. The number of carbonyl (C=O) groups excluding carboxylic acids is 2. The lowest BCUT2D eigenvalue weighted by atomic mass is 9.90. The summed E-state index contributed by atoms with van der Waals surface area (Å²) in [5, 5.41) is 8.34. The Hall–Kier alpha value is -3.49. The van der Waals surface area contributed by atoms with Crippen molar-refractivity contribution in [1.29, 1.82) is 0 Å². The van der Waals surface area contributed by atoms with Crippen LogP contribution in [0.1, 0.15) is 39.3 Å². The number of Topliss-reactive ketones (excluding diaryl/α,β-unsaturated/α-hetero) is 1. The van der Waals surface area contributed by atoms with E-state index in [0.29, 0.717) is 36.3 Å². The van der Waals surface area contributed by atoms with Gasteiger partial charge in [0, 0.05) is 31.7 Å². The molecule has 1 aromatic carbocycles. The van der Waals surface area contributed by atoms with E-state index in [4.69, 9.17) is 5.73 Å². The highest BCUT2D eigenvalue weighted by Gasteiger charge is 2.32. The molecule has 0 spiro atoms. The molecule has 9 heteroatoms. The molecule has 8 nitrogen and oxygen atoms in total. The van der Waals surface area contributed by atoms with Crippen LogP contribution in [0, 0.1) is 18.7 Å². The minimum absolute atomic E-state index is 0.118. The van der Waals surface area contributed by atoms with Gasteiger partial charge in [0.1, 0.15) is 11.6 Å². The summed E-state index contributed by atoms with van der Waals surface area (Å²) in [6, 6.07) is 5.71. The van der Waals surface area contributed by atoms with E-state index in [2.05, 4.69) is 10.2 Å². The van der Waals surface area contributed by atoms with Gasteiger partial charge in [-0.15, -0.1) is 0 Å². The van der Waals surface area contributed by atoms with Gasteiger partial charge in [-0.05, 0) is 44.0 Å². The lowest BCUT2D eigenvalue weighted by Gasteiger charge is -2.32. The van der Waals surface area contributed by atoms with E-state index >= 15 is 0 Å². The van der Waals surface area contributed by atoms with E-state index in [-0.39, 0.29) is 29.2 Å². The van der Waals surface area contributed by atoms with Gasteiger partial charge in [-0.25, -0.2) is 9.07 Å². The molecule has 1 aliphatic heterocycles. The average molecular weight is 410 g/mol. The topological polar surface area (TPSA) is 99.0 Å². The summed E-state index contributed by atoms with van der Waals surface area (Å²) in [6.07, 6.45) is 4.41. The molecule has 1 aliphatic rings. The van der Waals surface area contributed by atoms with Gasteiger partial charge < -0.3 is 10.6 Å². The van der Waals surface area contributed by atoms with Gasteiger partial charge in [0.2, 0.25) is 0 Å². The minimum atomic E-state index is -0.364. The summed E-state index contributed by atoms with van der Waals surface area (Å²) in [7, 11) is 1.79. The number of nitrogens with zero attached hydrogens (tertiary/aromatic N) is 5. The number of ketones is 1. The highest BCUT2D eigenvalue weighted by Crippen LogP contribution is 2.26. The zero-order valence-corrected chi connectivity index (χ0v) is 16.9. The highest BCUT2D eigenvalue weighted by molar-refractivity contribution is 6.02. The number of hydrogen-bond acceptors (Lipinski definition) is 5. The monoisotopic (exact) mass is 410 g/mol. The van der Waals surface area contributed by atoms with Crippen LogP contribution >= 0.6 is 0 Å². The number of rotatable bonds is 4. The van der Waals surface area contributed by atoms with Gasteiger partial charge in [-0.3, -0.25) is 14.3 Å². The molecule has 0 radical (unpaired) electrons. The number of carbonyl (C=O) groups is 2. The number of anilines is 1. The zero-order valence-electron chi connectivity index (χ0n) is 16.9. The minimum Gasteiger partial charge on any atom is -0.383 e. The van der Waals surface area contributed by atoms with Crippen molar-refractivity contribution in [2.45, 2.75) is 19.8 Å². The number of aryl methyl sites for hydroxylation is 1. The fourth-order valence-electron chi connectivity index (χ4n) is 3.81. The molecule has 1 saturated heterocycles. The second kappa shape index (κ2) is 7.74. The molecule has 0 unspecified atom stereocenters. The lowest BCUT2D eigenvalue weighted by molar-refractivity contribution is 0.0636. The Bertz CT molecular complexity index is 1100. The number of nitrogen functional groups attached to an aromatic ring is 1. The van der Waals surface area contributed by atoms with Crippen LogP contribution in [0.25, 0.3) is 5.69 Å². The van der Waals surface area contributed by atoms with Crippen molar-refractivity contribution in [3.63, 3.8) is 0 Å². The van der Waals surface area contributed by atoms with E-state index < -0.39 is 0 Å². The first-order valence-corrected chi connectivity index (χ1v) is 9.78. The maximum absolute atomic E-state index is 13.2. The smallest absolute Gasteiger partial charge is 0.257 e. The third kappa shape index (κ3) is 3.47. The van der Waals surface area contributed by atoms with Crippen molar-refractivity contribution in [2.75, 3.05) is 18.8 Å². The third-order valence-corrected chi connectivity index (χ3v) is 5.69. The Morgan fingerprint density at radius 2 is 1.83 bits per heavy atom. The maximum Gasteiger partial charge on any atom is 0.257 e. The number of benzene rings is 1. The van der Waals surface area contributed by atoms with Crippen LogP contribution < -0.4 is 5.73 Å². The summed E-state index contributed by atoms with van der Waals surface area (Å²) in [5.74, 6) is -0.767. The SMILES string of the molecule is Cc1c(C(=O)N2CCC[C@@H](C(=O)c3cnn(-c4ccc(F)cc4)c3N)C2)cnn1C. The molecular formula is C21H23FN6O2. The van der Waals surface area contributed by atoms with E-state index in [1.807, 2.05) is 6.92 Å². The Morgan fingerprint density at radius 1 is 1.13 bits per heavy atom. The Balaban J connectivity index is 1.53. The second-order valence-corrected chi connectivity index (χ2v) is 7.55. The zero-order chi connectivity index (χ0) is 21.4. The molecule has 2 N–H and O–H groups in total. The van der Waals surface area contributed by atoms with E-state index in [9.17, 15) is 14.0 Å². The van der Waals surface area contributed by atoms with Gasteiger partial charge in [0.05, 0.1) is 29.2 Å². The van der Waals surface area contributed by atoms with Crippen LogP contribution in [-0.2, 0) is 7.05 Å². The lowest BCUT2D eigenvalue weighted by Crippen LogP contribution is -2.42. The standard InChI is InChI=1S/C21H23FN6O2/c1-13-17(10-24-26(13)2)21(30)27-9-3-4-14(12-27)19(29)18-11-25-28(20(18)23)16-7-5-15(22)6-8-16/h5-8,10-11,14H,3-4,9,12,23H2,1-2H3/t14-/m1/s1. The van der Waals surface area contributed by atoms with Gasteiger partial charge >= 0.3 is 0 Å². The highest BCUT2D eigenvalue weighted by atomic mass is 19.1. The normalized spacial score (nSPS) is 16.6. The third-order valence-electron chi connectivity index (χ3n) is 5.69. The van der Waals surface area contributed by atoms with Crippen molar-refractivity contribution >= 4 is 17.5 Å². The molecular weight excluding hydrogens is 387 g/mol. The van der Waals surface area contributed by atoms with Crippen LogP contribution in [0.2, 0.25) is 0 Å². The molecule has 1 fully saturated rings. The number of nitrogens with two attached hydrogens (primary N) is 1. The van der Waals surface area contributed by atoms with Crippen LogP contribution in [-0.4, -0.2) is 49.2 Å². The number of hydrogen-bond donors (Lipinski definition) is 1. The number of halogens is 1. The molecule has 30 heavy (non-hydrogen) atoms. The summed E-state index contributed by atoms with van der Waals surface area (Å²) in [4.78, 5) is 27.8. The van der Waals surface area contributed by atoms with Crippen molar-refractivity contribution in [3.05, 3.63) is 59.3 Å². The fourth-order valence-corrected chi connectivity index (χ4v) is 3.81. The van der Waals surface area contributed by atoms with Crippen molar-refractivity contribution in [1.82, 2.24) is 24.5 Å². The second-order valence-electron chi connectivity index (χ2n) is 7.55. The quantitative estimate of drug-likeness (QED) is 0.666. The van der Waals surface area contributed by atoms with Crippen molar-refractivity contribution < 1.29 is 14.0 Å². The predicted molar refractivity (Wildman–Crippen MR) is 109 cm³/mol. The molecule has 1 amide bonds. The van der Waals surface area contributed by atoms with Crippen molar-refractivity contribution in [3.8, 4) is 5.69 Å². The molecule has 0 aliphatic carbocycles. The summed E-state index contributed by atoms with van der Waals surface area (Å²) < 4.78 is 16.2. The number of piperidine rings is 1. The molecule has 156 valence electrons.